The maximum atomic E-state index is 12.0. The summed E-state index contributed by atoms with van der Waals surface area (Å²) in [7, 11) is 0. The molecule has 2 heterocycles. The molecule has 4 heteroatoms. The molecule has 1 fully saturated rings. The normalized spacial score (nSPS) is 18.1. The zero-order chi connectivity index (χ0) is 14.9. The number of fused-ring (bicyclic) bond motifs is 1. The van der Waals surface area contributed by atoms with Gasteiger partial charge in [-0.1, -0.05) is 18.2 Å². The number of hydrogen-bond donors (Lipinski definition) is 1. The van der Waals surface area contributed by atoms with Gasteiger partial charge in [0.05, 0.1) is 6.26 Å². The number of hydrogen-bond acceptors (Lipinski definition) is 3. The van der Waals surface area contributed by atoms with E-state index < -0.39 is 0 Å². The predicted octanol–water partition coefficient (Wildman–Crippen LogP) is 2.91. The molecule has 0 saturated heterocycles. The van der Waals surface area contributed by atoms with Gasteiger partial charge in [-0.2, -0.15) is 0 Å². The molecule has 1 aromatic heterocycles. The van der Waals surface area contributed by atoms with Gasteiger partial charge in [-0.3, -0.25) is 4.79 Å². The van der Waals surface area contributed by atoms with Gasteiger partial charge in [0.2, 0.25) is 5.91 Å². The Balaban J connectivity index is 1.56. The van der Waals surface area contributed by atoms with E-state index >= 15 is 0 Å². The highest BCUT2D eigenvalue weighted by atomic mass is 16.3. The second-order valence-electron chi connectivity index (χ2n) is 6.12. The van der Waals surface area contributed by atoms with Crippen molar-refractivity contribution in [2.45, 2.75) is 25.3 Å². The molecule has 1 amide bonds. The first kappa shape index (κ1) is 13.4. The van der Waals surface area contributed by atoms with Crippen LogP contribution in [-0.2, 0) is 11.2 Å². The van der Waals surface area contributed by atoms with Gasteiger partial charge < -0.3 is 14.6 Å². The molecule has 1 N–H and O–H groups in total. The number of carbonyl (C=O) groups excluding carboxylic acids is 1. The number of nitrogens with zero attached hydrogens (tertiary/aromatic N) is 1. The maximum absolute atomic E-state index is 12.0. The monoisotopic (exact) mass is 296 g/mol. The zero-order valence-corrected chi connectivity index (χ0v) is 12.5. The van der Waals surface area contributed by atoms with E-state index in [1.165, 1.54) is 11.3 Å². The van der Waals surface area contributed by atoms with Gasteiger partial charge in [0.15, 0.2) is 0 Å². The Morgan fingerprint density at radius 2 is 2.14 bits per heavy atom. The van der Waals surface area contributed by atoms with E-state index in [2.05, 4.69) is 34.5 Å². The summed E-state index contributed by atoms with van der Waals surface area (Å²) in [6.07, 6.45) is 4.81. The van der Waals surface area contributed by atoms with Gasteiger partial charge >= 0.3 is 0 Å². The van der Waals surface area contributed by atoms with Crippen molar-refractivity contribution in [3.63, 3.8) is 0 Å². The van der Waals surface area contributed by atoms with Crippen molar-refractivity contribution in [2.75, 3.05) is 18.0 Å². The molecule has 0 unspecified atom stereocenters. The second kappa shape index (κ2) is 5.52. The smallest absolute Gasteiger partial charge is 0.223 e. The summed E-state index contributed by atoms with van der Waals surface area (Å²) in [5.74, 6) is 1.33. The quantitative estimate of drug-likeness (QED) is 0.922. The van der Waals surface area contributed by atoms with Crippen molar-refractivity contribution in [3.05, 3.63) is 54.0 Å². The number of rotatable bonds is 5. The average molecular weight is 296 g/mol. The third-order valence-electron chi connectivity index (χ3n) is 4.59. The van der Waals surface area contributed by atoms with Gasteiger partial charge in [-0.25, -0.2) is 0 Å². The van der Waals surface area contributed by atoms with Gasteiger partial charge in [0, 0.05) is 24.7 Å². The first-order chi connectivity index (χ1) is 10.8. The molecule has 1 atom stereocenters. The number of anilines is 1. The van der Waals surface area contributed by atoms with E-state index in [9.17, 15) is 4.79 Å². The van der Waals surface area contributed by atoms with E-state index in [0.29, 0.717) is 6.54 Å². The van der Waals surface area contributed by atoms with Crippen LogP contribution in [0.4, 0.5) is 5.69 Å². The van der Waals surface area contributed by atoms with Gasteiger partial charge in [0.25, 0.3) is 0 Å². The molecule has 2 aliphatic rings. The van der Waals surface area contributed by atoms with Crippen LogP contribution in [0.5, 0.6) is 0 Å². The molecule has 1 aliphatic heterocycles. The Hall–Kier alpha value is -2.23. The lowest BCUT2D eigenvalue weighted by molar-refractivity contribution is -0.122. The van der Waals surface area contributed by atoms with Crippen molar-refractivity contribution in [3.8, 4) is 0 Å². The molecule has 4 rings (SSSR count). The van der Waals surface area contributed by atoms with Crippen LogP contribution in [0.2, 0.25) is 0 Å². The minimum absolute atomic E-state index is 0.0568. The number of benzene rings is 1. The topological polar surface area (TPSA) is 45.5 Å². The van der Waals surface area contributed by atoms with Gasteiger partial charge in [0.1, 0.15) is 11.8 Å². The highest BCUT2D eigenvalue weighted by molar-refractivity contribution is 5.80. The van der Waals surface area contributed by atoms with E-state index in [4.69, 9.17) is 4.42 Å². The van der Waals surface area contributed by atoms with Gasteiger partial charge in [-0.05, 0) is 43.0 Å². The lowest BCUT2D eigenvalue weighted by Crippen LogP contribution is -2.37. The molecule has 0 radical (unpaired) electrons. The van der Waals surface area contributed by atoms with Crippen LogP contribution in [0.15, 0.2) is 47.1 Å². The third-order valence-corrected chi connectivity index (χ3v) is 4.59. The fraction of sp³-hybridized carbons (Fsp3) is 0.389. The van der Waals surface area contributed by atoms with E-state index in [0.717, 1.165) is 31.6 Å². The lowest BCUT2D eigenvalue weighted by Gasteiger charge is -2.29. The number of amides is 1. The molecular formula is C18H20N2O2. The molecule has 0 spiro atoms. The van der Waals surface area contributed by atoms with Crippen molar-refractivity contribution in [1.29, 1.82) is 0 Å². The molecule has 114 valence electrons. The standard InChI is InChI=1S/C18H20N2O2/c21-18(14-7-8-14)19-12-16(17-6-3-11-22-17)20-10-9-13-4-1-2-5-15(13)20/h1-6,11,14,16H,7-10,12H2,(H,19,21)/t16-/m1/s1. The van der Waals surface area contributed by atoms with E-state index in [1.807, 2.05) is 12.1 Å². The highest BCUT2D eigenvalue weighted by Crippen LogP contribution is 2.35. The molecule has 1 saturated carbocycles. The molecule has 2 aromatic rings. The Bertz CT molecular complexity index is 661. The Morgan fingerprint density at radius 1 is 1.27 bits per heavy atom. The van der Waals surface area contributed by atoms with Crippen molar-refractivity contribution in [1.82, 2.24) is 5.32 Å². The van der Waals surface area contributed by atoms with Gasteiger partial charge in [-0.15, -0.1) is 0 Å². The summed E-state index contributed by atoms with van der Waals surface area (Å²) in [4.78, 5) is 14.3. The summed E-state index contributed by atoms with van der Waals surface area (Å²) in [6.45, 7) is 1.56. The summed E-state index contributed by atoms with van der Waals surface area (Å²) in [5, 5.41) is 3.10. The minimum atomic E-state index is 0.0568. The molecule has 1 aliphatic carbocycles. The largest absolute Gasteiger partial charge is 0.467 e. The number of nitrogens with one attached hydrogen (secondary N) is 1. The van der Waals surface area contributed by atoms with Crippen molar-refractivity contribution < 1.29 is 9.21 Å². The first-order valence-corrected chi connectivity index (χ1v) is 7.98. The maximum Gasteiger partial charge on any atom is 0.223 e. The predicted molar refractivity (Wildman–Crippen MR) is 84.7 cm³/mol. The van der Waals surface area contributed by atoms with Crippen LogP contribution < -0.4 is 10.2 Å². The molecular weight excluding hydrogens is 276 g/mol. The summed E-state index contributed by atoms with van der Waals surface area (Å²) in [6, 6.07) is 12.4. The number of carbonyl (C=O) groups is 1. The van der Waals surface area contributed by atoms with Crippen LogP contribution in [-0.4, -0.2) is 19.0 Å². The number of para-hydroxylation sites is 1. The summed E-state index contributed by atoms with van der Waals surface area (Å²) in [5.41, 5.74) is 2.62. The summed E-state index contributed by atoms with van der Waals surface area (Å²) < 4.78 is 5.64. The minimum Gasteiger partial charge on any atom is -0.467 e. The van der Waals surface area contributed by atoms with Crippen LogP contribution in [0.25, 0.3) is 0 Å². The first-order valence-electron chi connectivity index (χ1n) is 7.98. The lowest BCUT2D eigenvalue weighted by atomic mass is 10.1. The zero-order valence-electron chi connectivity index (χ0n) is 12.5. The number of furan rings is 1. The third kappa shape index (κ3) is 2.49. The Labute approximate surface area is 130 Å². The van der Waals surface area contributed by atoms with Crippen LogP contribution in [0.1, 0.15) is 30.2 Å². The fourth-order valence-electron chi connectivity index (χ4n) is 3.22. The molecule has 0 bridgehead atoms. The van der Waals surface area contributed by atoms with Crippen molar-refractivity contribution in [2.24, 2.45) is 5.92 Å². The van der Waals surface area contributed by atoms with Crippen LogP contribution in [0, 0.1) is 5.92 Å². The summed E-state index contributed by atoms with van der Waals surface area (Å²) >= 11 is 0. The van der Waals surface area contributed by atoms with Crippen LogP contribution in [0.3, 0.4) is 0 Å². The van der Waals surface area contributed by atoms with Crippen molar-refractivity contribution >= 4 is 11.6 Å². The average Bonchev–Trinajstić information content (AvgIpc) is 3.09. The Morgan fingerprint density at radius 3 is 2.91 bits per heavy atom. The highest BCUT2D eigenvalue weighted by Gasteiger charge is 2.32. The van der Waals surface area contributed by atoms with E-state index in [-0.39, 0.29) is 17.9 Å². The Kier molecular flexibility index (Phi) is 3.37. The molecule has 22 heavy (non-hydrogen) atoms. The fourth-order valence-corrected chi connectivity index (χ4v) is 3.22. The molecule has 4 nitrogen and oxygen atoms in total. The molecule has 1 aromatic carbocycles. The SMILES string of the molecule is O=C(NC[C@H](c1ccco1)N1CCc2ccccc21)C1CC1. The van der Waals surface area contributed by atoms with Crippen LogP contribution >= 0.6 is 0 Å². The van der Waals surface area contributed by atoms with E-state index in [1.54, 1.807) is 6.26 Å². The second-order valence-corrected chi connectivity index (χ2v) is 6.12.